The number of rotatable bonds is 3. The van der Waals surface area contributed by atoms with E-state index in [1.165, 1.54) is 11.8 Å². The van der Waals surface area contributed by atoms with Crippen molar-refractivity contribution in [2.24, 2.45) is 0 Å². The van der Waals surface area contributed by atoms with Gasteiger partial charge in [0, 0.05) is 18.4 Å². The Balaban J connectivity index is 2.48. The van der Waals surface area contributed by atoms with Crippen LogP contribution in [0.1, 0.15) is 10.4 Å². The van der Waals surface area contributed by atoms with E-state index < -0.39 is 23.3 Å². The molecule has 1 aliphatic rings. The molecule has 6 heteroatoms. The van der Waals surface area contributed by atoms with Crippen LogP contribution in [0.25, 0.3) is 0 Å². The van der Waals surface area contributed by atoms with Gasteiger partial charge in [0.1, 0.15) is 5.82 Å². The first-order valence-electron chi connectivity index (χ1n) is 4.90. The Morgan fingerprint density at radius 3 is 2.65 bits per heavy atom. The summed E-state index contributed by atoms with van der Waals surface area (Å²) in [6.45, 7) is 0.237. The first-order valence-corrected chi connectivity index (χ1v) is 6.30. The van der Waals surface area contributed by atoms with Gasteiger partial charge in [-0.05, 0) is 12.3 Å². The quantitative estimate of drug-likeness (QED) is 0.776. The highest BCUT2D eigenvalue weighted by Crippen LogP contribution is 2.32. The van der Waals surface area contributed by atoms with Gasteiger partial charge >= 0.3 is 0 Å². The van der Waals surface area contributed by atoms with Crippen LogP contribution in [-0.2, 0) is 4.79 Å². The Hall–Kier alpha value is -1.43. The fourth-order valence-corrected chi connectivity index (χ4v) is 2.11. The molecular formula is C11H9F2NO2S. The van der Waals surface area contributed by atoms with Crippen molar-refractivity contribution < 1.29 is 18.4 Å². The summed E-state index contributed by atoms with van der Waals surface area (Å²) in [5, 5.41) is 0. The Morgan fingerprint density at radius 2 is 2.00 bits per heavy atom. The molecule has 0 unspecified atom stereocenters. The Morgan fingerprint density at radius 1 is 1.29 bits per heavy atom. The molecule has 1 heterocycles. The number of hydrogen-bond acceptors (Lipinski definition) is 3. The molecule has 0 spiro atoms. The number of carbonyl (C=O) groups is 2. The van der Waals surface area contributed by atoms with E-state index in [1.807, 2.05) is 6.26 Å². The van der Waals surface area contributed by atoms with Gasteiger partial charge in [0.15, 0.2) is 5.82 Å². The summed E-state index contributed by atoms with van der Waals surface area (Å²) in [6.07, 6.45) is 1.84. The minimum absolute atomic E-state index is 0.101. The van der Waals surface area contributed by atoms with Crippen LogP contribution in [0.2, 0.25) is 0 Å². The number of fused-ring (bicyclic) bond motifs is 1. The monoisotopic (exact) mass is 257 g/mol. The maximum absolute atomic E-state index is 13.6. The molecule has 0 N–H and O–H groups in total. The van der Waals surface area contributed by atoms with Gasteiger partial charge in [0.25, 0.3) is 11.7 Å². The third kappa shape index (κ3) is 1.93. The highest BCUT2D eigenvalue weighted by atomic mass is 32.2. The van der Waals surface area contributed by atoms with Gasteiger partial charge in [-0.15, -0.1) is 0 Å². The summed E-state index contributed by atoms with van der Waals surface area (Å²) in [6, 6.07) is 1.58. The molecule has 0 saturated carbocycles. The van der Waals surface area contributed by atoms with Crippen LogP contribution >= 0.6 is 11.8 Å². The molecule has 2 rings (SSSR count). The Labute approximate surface area is 101 Å². The summed E-state index contributed by atoms with van der Waals surface area (Å²) in [5.74, 6) is -2.79. The van der Waals surface area contributed by atoms with Crippen LogP contribution < -0.4 is 4.90 Å². The minimum atomic E-state index is -0.875. The lowest BCUT2D eigenvalue weighted by Gasteiger charge is -2.16. The fourth-order valence-electron chi connectivity index (χ4n) is 1.75. The van der Waals surface area contributed by atoms with Crippen LogP contribution in [-0.4, -0.2) is 30.2 Å². The molecule has 1 amide bonds. The third-order valence-corrected chi connectivity index (χ3v) is 3.09. The lowest BCUT2D eigenvalue weighted by molar-refractivity contribution is -0.114. The summed E-state index contributed by atoms with van der Waals surface area (Å²) >= 11 is 1.47. The first-order chi connectivity index (χ1) is 8.06. The Kier molecular flexibility index (Phi) is 3.15. The number of amides is 1. The topological polar surface area (TPSA) is 37.4 Å². The normalized spacial score (nSPS) is 14.4. The average Bonchev–Trinajstić information content (AvgIpc) is 2.51. The van der Waals surface area contributed by atoms with E-state index >= 15 is 0 Å². The van der Waals surface area contributed by atoms with Crippen molar-refractivity contribution in [1.82, 2.24) is 0 Å². The van der Waals surface area contributed by atoms with Gasteiger partial charge in [-0.3, -0.25) is 9.59 Å². The second-order valence-corrected chi connectivity index (χ2v) is 4.55. The van der Waals surface area contributed by atoms with Gasteiger partial charge in [0.05, 0.1) is 11.3 Å². The van der Waals surface area contributed by atoms with E-state index in [4.69, 9.17) is 0 Å². The maximum Gasteiger partial charge on any atom is 0.299 e. The molecule has 0 bridgehead atoms. The smallest absolute Gasteiger partial charge is 0.299 e. The summed E-state index contributed by atoms with van der Waals surface area (Å²) in [4.78, 5) is 24.2. The number of anilines is 1. The van der Waals surface area contributed by atoms with Crippen LogP contribution in [0.5, 0.6) is 0 Å². The van der Waals surface area contributed by atoms with E-state index in [0.29, 0.717) is 11.8 Å². The van der Waals surface area contributed by atoms with Crippen molar-refractivity contribution in [2.45, 2.75) is 0 Å². The number of thioether (sulfide) groups is 1. The highest BCUT2D eigenvalue weighted by Gasteiger charge is 2.38. The van der Waals surface area contributed by atoms with E-state index in [-0.39, 0.29) is 17.8 Å². The lowest BCUT2D eigenvalue weighted by atomic mass is 10.1. The molecule has 90 valence electrons. The second-order valence-electron chi connectivity index (χ2n) is 3.56. The zero-order valence-electron chi connectivity index (χ0n) is 9.00. The molecule has 0 aliphatic carbocycles. The molecule has 1 aromatic carbocycles. The van der Waals surface area contributed by atoms with E-state index in [9.17, 15) is 18.4 Å². The molecular weight excluding hydrogens is 248 g/mol. The molecule has 0 radical (unpaired) electrons. The van der Waals surface area contributed by atoms with Crippen molar-refractivity contribution >= 4 is 29.1 Å². The summed E-state index contributed by atoms with van der Waals surface area (Å²) in [5.41, 5.74) is -0.288. The van der Waals surface area contributed by atoms with Crippen LogP contribution in [0.15, 0.2) is 12.1 Å². The van der Waals surface area contributed by atoms with E-state index in [2.05, 4.69) is 0 Å². The van der Waals surface area contributed by atoms with E-state index in [1.54, 1.807) is 0 Å². The Bertz CT molecular complexity index is 504. The lowest BCUT2D eigenvalue weighted by Crippen LogP contribution is -2.32. The molecule has 0 atom stereocenters. The standard InChI is InChI=1S/C11H9F2NO2S/c1-17-3-2-14-9-7(10(15)11(14)16)4-6(12)5-8(9)13/h4-5H,2-3H2,1H3. The van der Waals surface area contributed by atoms with Gasteiger partial charge in [-0.1, -0.05) is 0 Å². The van der Waals surface area contributed by atoms with Crippen molar-refractivity contribution in [3.05, 3.63) is 29.3 Å². The fraction of sp³-hybridized carbons (Fsp3) is 0.273. The number of ketones is 1. The molecule has 0 fully saturated rings. The maximum atomic E-state index is 13.6. The van der Waals surface area contributed by atoms with Crippen molar-refractivity contribution in [3.63, 3.8) is 0 Å². The van der Waals surface area contributed by atoms with Gasteiger partial charge in [-0.25, -0.2) is 8.78 Å². The molecule has 17 heavy (non-hydrogen) atoms. The van der Waals surface area contributed by atoms with Gasteiger partial charge < -0.3 is 4.90 Å². The predicted octanol–water partition coefficient (Wildman–Crippen LogP) is 1.86. The number of halogens is 2. The molecule has 3 nitrogen and oxygen atoms in total. The molecule has 0 saturated heterocycles. The molecule has 1 aliphatic heterocycles. The highest BCUT2D eigenvalue weighted by molar-refractivity contribution is 7.98. The summed E-state index contributed by atoms with van der Waals surface area (Å²) in [7, 11) is 0. The summed E-state index contributed by atoms with van der Waals surface area (Å²) < 4.78 is 26.6. The third-order valence-electron chi connectivity index (χ3n) is 2.50. The van der Waals surface area contributed by atoms with Crippen LogP contribution in [0.3, 0.4) is 0 Å². The van der Waals surface area contributed by atoms with Gasteiger partial charge in [-0.2, -0.15) is 11.8 Å². The number of Topliss-reactive ketones (excluding diaryl/α,β-unsaturated/α-hetero) is 1. The zero-order chi connectivity index (χ0) is 12.6. The molecule has 1 aromatic rings. The van der Waals surface area contributed by atoms with E-state index in [0.717, 1.165) is 11.0 Å². The van der Waals surface area contributed by atoms with Gasteiger partial charge in [0.2, 0.25) is 0 Å². The largest absolute Gasteiger partial charge is 0.301 e. The second kappa shape index (κ2) is 4.44. The average molecular weight is 257 g/mol. The number of benzene rings is 1. The molecule has 0 aromatic heterocycles. The minimum Gasteiger partial charge on any atom is -0.301 e. The van der Waals surface area contributed by atoms with Crippen molar-refractivity contribution in [2.75, 3.05) is 23.5 Å². The van der Waals surface area contributed by atoms with Crippen LogP contribution in [0.4, 0.5) is 14.5 Å². The van der Waals surface area contributed by atoms with Crippen LogP contribution in [0, 0.1) is 11.6 Å². The van der Waals surface area contributed by atoms with Crippen molar-refractivity contribution in [3.8, 4) is 0 Å². The number of hydrogen-bond donors (Lipinski definition) is 0. The number of nitrogens with zero attached hydrogens (tertiary/aromatic N) is 1. The SMILES string of the molecule is CSCCN1C(=O)C(=O)c2cc(F)cc(F)c21. The first kappa shape index (κ1) is 12.0. The predicted molar refractivity (Wildman–Crippen MR) is 61.4 cm³/mol. The zero-order valence-corrected chi connectivity index (χ0v) is 9.81. The number of carbonyl (C=O) groups excluding carboxylic acids is 2. The van der Waals surface area contributed by atoms with Crippen molar-refractivity contribution in [1.29, 1.82) is 0 Å².